The summed E-state index contributed by atoms with van der Waals surface area (Å²) in [6, 6.07) is 8.58. The molecular formula is C19H30BrN3O+2. The molecule has 0 aromatic heterocycles. The quantitative estimate of drug-likeness (QED) is 0.737. The minimum absolute atomic E-state index is 0.263. The first kappa shape index (κ1) is 17.9. The number of likely N-dealkylation sites (N-methyl/N-ethyl adjacent to an activating group) is 1. The van der Waals surface area contributed by atoms with E-state index in [-0.39, 0.29) is 5.92 Å². The van der Waals surface area contributed by atoms with Gasteiger partial charge >= 0.3 is 0 Å². The molecule has 1 aromatic carbocycles. The number of nitrogens with zero attached hydrogens (tertiary/aromatic N) is 1. The Hall–Kier alpha value is -0.910. The van der Waals surface area contributed by atoms with E-state index in [1.54, 1.807) is 9.80 Å². The van der Waals surface area contributed by atoms with Crippen molar-refractivity contribution in [3.63, 3.8) is 0 Å². The van der Waals surface area contributed by atoms with Crippen molar-refractivity contribution in [1.82, 2.24) is 4.90 Å². The minimum atomic E-state index is 0.263. The Morgan fingerprint density at radius 3 is 2.50 bits per heavy atom. The molecule has 2 saturated heterocycles. The van der Waals surface area contributed by atoms with Crippen LogP contribution in [0.3, 0.4) is 0 Å². The normalized spacial score (nSPS) is 25.7. The van der Waals surface area contributed by atoms with Crippen LogP contribution in [0.25, 0.3) is 0 Å². The number of nitrogens with one attached hydrogen (secondary N) is 2. The van der Waals surface area contributed by atoms with Crippen LogP contribution in [-0.4, -0.2) is 56.6 Å². The Morgan fingerprint density at radius 2 is 1.88 bits per heavy atom. The molecule has 2 N–H and O–H groups in total. The van der Waals surface area contributed by atoms with Crippen LogP contribution in [0, 0.1) is 5.92 Å². The van der Waals surface area contributed by atoms with Crippen molar-refractivity contribution in [1.29, 1.82) is 0 Å². The molecule has 2 aliphatic heterocycles. The van der Waals surface area contributed by atoms with Crippen LogP contribution in [0.5, 0.6) is 0 Å². The zero-order valence-corrected chi connectivity index (χ0v) is 16.3. The van der Waals surface area contributed by atoms with Crippen molar-refractivity contribution in [2.24, 2.45) is 5.92 Å². The molecule has 2 heterocycles. The molecular weight excluding hydrogens is 366 g/mol. The molecule has 0 radical (unpaired) electrons. The molecule has 0 atom stereocenters. The lowest BCUT2D eigenvalue weighted by molar-refractivity contribution is -0.919. The van der Waals surface area contributed by atoms with Crippen molar-refractivity contribution in [3.05, 3.63) is 34.3 Å². The number of rotatable bonds is 4. The summed E-state index contributed by atoms with van der Waals surface area (Å²) in [5, 5.41) is 0. The lowest BCUT2D eigenvalue weighted by atomic mass is 9.94. The molecule has 4 nitrogen and oxygen atoms in total. The SMILES string of the molecule is CC[NH+]1CCN(C(=O)C2CC[NH+](Cc3cccc(Br)c3)CC2)CC1. The highest BCUT2D eigenvalue weighted by molar-refractivity contribution is 9.10. The van der Waals surface area contributed by atoms with Crippen LogP contribution in [0.2, 0.25) is 0 Å². The van der Waals surface area contributed by atoms with E-state index >= 15 is 0 Å². The van der Waals surface area contributed by atoms with Crippen LogP contribution >= 0.6 is 15.9 Å². The zero-order chi connectivity index (χ0) is 16.9. The summed E-state index contributed by atoms with van der Waals surface area (Å²) in [7, 11) is 0. The van der Waals surface area contributed by atoms with E-state index in [1.165, 1.54) is 12.1 Å². The van der Waals surface area contributed by atoms with Gasteiger partial charge in [0.05, 0.1) is 45.8 Å². The number of halogens is 1. The summed E-state index contributed by atoms with van der Waals surface area (Å²) in [6.07, 6.45) is 2.09. The maximum absolute atomic E-state index is 12.8. The van der Waals surface area contributed by atoms with Crippen molar-refractivity contribution in [2.45, 2.75) is 26.3 Å². The van der Waals surface area contributed by atoms with Crippen LogP contribution < -0.4 is 9.80 Å². The fourth-order valence-electron chi connectivity index (χ4n) is 4.04. The van der Waals surface area contributed by atoms with Crippen molar-refractivity contribution < 1.29 is 14.6 Å². The molecule has 132 valence electrons. The summed E-state index contributed by atoms with van der Waals surface area (Å²) in [5.41, 5.74) is 1.38. The summed E-state index contributed by atoms with van der Waals surface area (Å²) in [5.74, 6) is 0.686. The lowest BCUT2D eigenvalue weighted by Crippen LogP contribution is -3.14. The third-order valence-electron chi connectivity index (χ3n) is 5.67. The van der Waals surface area contributed by atoms with Gasteiger partial charge in [0.25, 0.3) is 0 Å². The van der Waals surface area contributed by atoms with Gasteiger partial charge in [-0.1, -0.05) is 28.1 Å². The Morgan fingerprint density at radius 1 is 1.17 bits per heavy atom. The van der Waals surface area contributed by atoms with Gasteiger partial charge in [0.15, 0.2) is 0 Å². The minimum Gasteiger partial charge on any atom is -0.332 e. The van der Waals surface area contributed by atoms with Crippen molar-refractivity contribution in [2.75, 3.05) is 45.8 Å². The number of carbonyl (C=O) groups excluding carboxylic acids is 1. The van der Waals surface area contributed by atoms with Gasteiger partial charge in [-0.15, -0.1) is 0 Å². The maximum atomic E-state index is 12.8. The Balaban J connectivity index is 1.45. The van der Waals surface area contributed by atoms with E-state index in [0.29, 0.717) is 5.91 Å². The fraction of sp³-hybridized carbons (Fsp3) is 0.632. The second-order valence-corrected chi connectivity index (χ2v) is 8.18. The highest BCUT2D eigenvalue weighted by atomic mass is 79.9. The number of hydrogen-bond donors (Lipinski definition) is 2. The summed E-state index contributed by atoms with van der Waals surface area (Å²) < 4.78 is 1.15. The van der Waals surface area contributed by atoms with Crippen LogP contribution in [0.15, 0.2) is 28.7 Å². The van der Waals surface area contributed by atoms with Gasteiger partial charge in [0.1, 0.15) is 6.54 Å². The maximum Gasteiger partial charge on any atom is 0.226 e. The number of quaternary nitrogens is 2. The molecule has 1 aromatic rings. The van der Waals surface area contributed by atoms with Gasteiger partial charge < -0.3 is 14.7 Å². The summed E-state index contributed by atoms with van der Waals surface area (Å²) in [6.45, 7) is 10.9. The monoisotopic (exact) mass is 395 g/mol. The summed E-state index contributed by atoms with van der Waals surface area (Å²) >= 11 is 3.55. The molecule has 2 fully saturated rings. The molecule has 1 amide bonds. The predicted octanol–water partition coefficient (Wildman–Crippen LogP) is -0.00900. The van der Waals surface area contributed by atoms with E-state index in [2.05, 4.69) is 52.0 Å². The highest BCUT2D eigenvalue weighted by Gasteiger charge is 2.32. The van der Waals surface area contributed by atoms with E-state index in [0.717, 1.165) is 63.1 Å². The molecule has 0 aliphatic carbocycles. The molecule has 2 aliphatic rings. The topological polar surface area (TPSA) is 29.2 Å². The number of carbonyl (C=O) groups is 1. The lowest BCUT2D eigenvalue weighted by Gasteiger charge is -2.35. The van der Waals surface area contributed by atoms with Gasteiger partial charge in [0.2, 0.25) is 5.91 Å². The van der Waals surface area contributed by atoms with E-state index in [9.17, 15) is 4.79 Å². The smallest absolute Gasteiger partial charge is 0.226 e. The highest BCUT2D eigenvalue weighted by Crippen LogP contribution is 2.15. The van der Waals surface area contributed by atoms with Gasteiger partial charge in [-0.3, -0.25) is 4.79 Å². The van der Waals surface area contributed by atoms with Crippen LogP contribution in [0.4, 0.5) is 0 Å². The predicted molar refractivity (Wildman–Crippen MR) is 99.1 cm³/mol. The van der Waals surface area contributed by atoms with Crippen molar-refractivity contribution >= 4 is 21.8 Å². The number of amides is 1. The molecule has 5 heteroatoms. The molecule has 24 heavy (non-hydrogen) atoms. The van der Waals surface area contributed by atoms with Crippen molar-refractivity contribution in [3.8, 4) is 0 Å². The standard InChI is InChI=1S/C19H28BrN3O/c1-2-21-10-12-23(13-11-21)19(24)17-6-8-22(9-7-17)15-16-4-3-5-18(20)14-16/h3-5,14,17H,2,6-13,15H2,1H3/p+2. The van der Waals surface area contributed by atoms with Gasteiger partial charge in [-0.2, -0.15) is 0 Å². The number of likely N-dealkylation sites (tertiary alicyclic amines) is 1. The molecule has 0 spiro atoms. The van der Waals surface area contributed by atoms with E-state index < -0.39 is 0 Å². The first-order valence-corrected chi connectivity index (χ1v) is 10.2. The third-order valence-corrected chi connectivity index (χ3v) is 6.16. The Bertz CT molecular complexity index is 549. The third kappa shape index (κ3) is 4.58. The average Bonchev–Trinajstić information content (AvgIpc) is 2.62. The first-order chi connectivity index (χ1) is 11.7. The van der Waals surface area contributed by atoms with Crippen LogP contribution in [0.1, 0.15) is 25.3 Å². The zero-order valence-electron chi connectivity index (χ0n) is 14.7. The molecule has 0 unspecified atom stereocenters. The summed E-state index contributed by atoms with van der Waals surface area (Å²) in [4.78, 5) is 18.1. The van der Waals surface area contributed by atoms with Crippen LogP contribution in [-0.2, 0) is 11.3 Å². The number of benzene rings is 1. The Kier molecular flexibility index (Phi) is 6.31. The van der Waals surface area contributed by atoms with Gasteiger partial charge in [0, 0.05) is 28.8 Å². The van der Waals surface area contributed by atoms with E-state index in [1.807, 2.05) is 0 Å². The second kappa shape index (κ2) is 8.45. The molecule has 3 rings (SSSR count). The average molecular weight is 396 g/mol. The van der Waals surface area contributed by atoms with Gasteiger partial charge in [-0.25, -0.2) is 0 Å². The number of piperazine rings is 1. The first-order valence-electron chi connectivity index (χ1n) is 9.36. The van der Waals surface area contributed by atoms with Gasteiger partial charge in [-0.05, 0) is 19.1 Å². The second-order valence-electron chi connectivity index (χ2n) is 7.26. The Labute approximate surface area is 153 Å². The molecule has 0 bridgehead atoms. The number of hydrogen-bond acceptors (Lipinski definition) is 1. The molecule has 0 saturated carbocycles. The number of piperidine rings is 1. The largest absolute Gasteiger partial charge is 0.332 e. The fourth-order valence-corrected chi connectivity index (χ4v) is 4.49. The van der Waals surface area contributed by atoms with E-state index in [4.69, 9.17) is 0 Å².